The molecule has 1 aromatic rings. The SMILES string of the molecule is CC1CN(C)CCC1NCc1csc([N+](=O)[O-])c1. The molecule has 0 radical (unpaired) electrons. The minimum Gasteiger partial charge on any atom is -0.310 e. The highest BCUT2D eigenvalue weighted by Crippen LogP contribution is 2.23. The van der Waals surface area contributed by atoms with Crippen LogP contribution < -0.4 is 5.32 Å². The number of rotatable bonds is 4. The maximum atomic E-state index is 10.6. The Bertz CT molecular complexity index is 421. The minimum atomic E-state index is -0.327. The predicted molar refractivity (Wildman–Crippen MR) is 72.9 cm³/mol. The molecule has 1 aliphatic heterocycles. The van der Waals surface area contributed by atoms with Gasteiger partial charge in [0.15, 0.2) is 0 Å². The lowest BCUT2D eigenvalue weighted by atomic mass is 9.94. The fourth-order valence-electron chi connectivity index (χ4n) is 2.46. The van der Waals surface area contributed by atoms with Gasteiger partial charge in [0.25, 0.3) is 0 Å². The third-order valence-electron chi connectivity index (χ3n) is 3.50. The lowest BCUT2D eigenvalue weighted by molar-refractivity contribution is -0.380. The van der Waals surface area contributed by atoms with Crippen LogP contribution in [0.25, 0.3) is 0 Å². The Kier molecular flexibility index (Phi) is 4.31. The second-order valence-corrected chi connectivity index (χ2v) is 5.96. The first kappa shape index (κ1) is 13.5. The number of hydrogen-bond donors (Lipinski definition) is 1. The molecule has 1 aromatic heterocycles. The van der Waals surface area contributed by atoms with Gasteiger partial charge in [-0.25, -0.2) is 0 Å². The molecule has 2 unspecified atom stereocenters. The van der Waals surface area contributed by atoms with Crippen LogP contribution in [-0.2, 0) is 6.54 Å². The van der Waals surface area contributed by atoms with E-state index in [0.29, 0.717) is 12.0 Å². The highest BCUT2D eigenvalue weighted by molar-refractivity contribution is 7.13. The number of nitrogens with one attached hydrogen (secondary N) is 1. The van der Waals surface area contributed by atoms with Gasteiger partial charge in [-0.1, -0.05) is 18.3 Å². The Morgan fingerprint density at radius 2 is 2.44 bits per heavy atom. The van der Waals surface area contributed by atoms with Gasteiger partial charge in [-0.2, -0.15) is 0 Å². The van der Waals surface area contributed by atoms with E-state index >= 15 is 0 Å². The van der Waals surface area contributed by atoms with Crippen molar-refractivity contribution in [1.82, 2.24) is 10.2 Å². The van der Waals surface area contributed by atoms with Crippen molar-refractivity contribution in [3.63, 3.8) is 0 Å². The molecule has 2 rings (SSSR count). The van der Waals surface area contributed by atoms with Crippen LogP contribution >= 0.6 is 11.3 Å². The van der Waals surface area contributed by atoms with Crippen molar-refractivity contribution in [1.29, 1.82) is 0 Å². The highest BCUT2D eigenvalue weighted by Gasteiger charge is 2.23. The van der Waals surface area contributed by atoms with Gasteiger partial charge in [0.05, 0.1) is 4.92 Å². The molecule has 0 amide bonds. The van der Waals surface area contributed by atoms with Gasteiger partial charge in [-0.05, 0) is 31.5 Å². The fourth-order valence-corrected chi connectivity index (χ4v) is 3.19. The summed E-state index contributed by atoms with van der Waals surface area (Å²) in [7, 11) is 2.15. The topological polar surface area (TPSA) is 58.4 Å². The van der Waals surface area contributed by atoms with Gasteiger partial charge >= 0.3 is 5.00 Å². The number of nitro groups is 1. The van der Waals surface area contributed by atoms with Gasteiger partial charge in [-0.3, -0.25) is 10.1 Å². The van der Waals surface area contributed by atoms with Crippen LogP contribution in [0.3, 0.4) is 0 Å². The summed E-state index contributed by atoms with van der Waals surface area (Å²) in [6.45, 7) is 5.21. The molecule has 5 nitrogen and oxygen atoms in total. The maximum Gasteiger partial charge on any atom is 0.324 e. The zero-order chi connectivity index (χ0) is 13.1. The molecule has 0 saturated carbocycles. The van der Waals surface area contributed by atoms with Gasteiger partial charge in [-0.15, -0.1) is 0 Å². The number of thiophene rings is 1. The number of nitrogens with zero attached hydrogens (tertiary/aromatic N) is 2. The van der Waals surface area contributed by atoms with Crippen molar-refractivity contribution in [3.05, 3.63) is 27.1 Å². The fraction of sp³-hybridized carbons (Fsp3) is 0.667. The Balaban J connectivity index is 1.85. The average molecular weight is 269 g/mol. The normalized spacial score (nSPS) is 25.2. The zero-order valence-corrected chi connectivity index (χ0v) is 11.6. The average Bonchev–Trinajstić information content (AvgIpc) is 2.76. The summed E-state index contributed by atoms with van der Waals surface area (Å²) in [5.74, 6) is 0.623. The second-order valence-electron chi connectivity index (χ2n) is 5.07. The molecule has 0 bridgehead atoms. The molecular formula is C12H19N3O2S. The Hall–Kier alpha value is -0.980. The van der Waals surface area contributed by atoms with Crippen molar-refractivity contribution in [3.8, 4) is 0 Å². The van der Waals surface area contributed by atoms with Crippen molar-refractivity contribution in [2.24, 2.45) is 5.92 Å². The van der Waals surface area contributed by atoms with Gasteiger partial charge in [0.2, 0.25) is 0 Å². The van der Waals surface area contributed by atoms with E-state index in [9.17, 15) is 10.1 Å². The summed E-state index contributed by atoms with van der Waals surface area (Å²) in [4.78, 5) is 12.6. The first-order valence-electron chi connectivity index (χ1n) is 6.20. The summed E-state index contributed by atoms with van der Waals surface area (Å²) in [5.41, 5.74) is 1.01. The van der Waals surface area contributed by atoms with Crippen LogP contribution in [0, 0.1) is 16.0 Å². The van der Waals surface area contributed by atoms with E-state index in [-0.39, 0.29) is 9.92 Å². The summed E-state index contributed by atoms with van der Waals surface area (Å²) in [6.07, 6.45) is 1.14. The third kappa shape index (κ3) is 3.28. The molecule has 1 aliphatic rings. The summed E-state index contributed by atoms with van der Waals surface area (Å²) < 4.78 is 0. The number of piperidine rings is 1. The van der Waals surface area contributed by atoms with Crippen LogP contribution in [0.2, 0.25) is 0 Å². The predicted octanol–water partition coefficient (Wildman–Crippen LogP) is 2.09. The van der Waals surface area contributed by atoms with Crippen molar-refractivity contribution in [2.75, 3.05) is 20.1 Å². The van der Waals surface area contributed by atoms with Crippen molar-refractivity contribution >= 4 is 16.3 Å². The molecule has 6 heteroatoms. The zero-order valence-electron chi connectivity index (χ0n) is 10.8. The molecule has 0 spiro atoms. The summed E-state index contributed by atoms with van der Waals surface area (Å²) in [5, 5.41) is 16.2. The smallest absolute Gasteiger partial charge is 0.310 e. The Labute approximate surface area is 111 Å². The van der Waals surface area contributed by atoms with E-state index in [1.165, 1.54) is 11.3 Å². The molecule has 1 N–H and O–H groups in total. The quantitative estimate of drug-likeness (QED) is 0.671. The van der Waals surface area contributed by atoms with Crippen LogP contribution in [0.5, 0.6) is 0 Å². The molecule has 1 fully saturated rings. The van der Waals surface area contributed by atoms with E-state index in [4.69, 9.17) is 0 Å². The van der Waals surface area contributed by atoms with Gasteiger partial charge < -0.3 is 10.2 Å². The van der Waals surface area contributed by atoms with E-state index < -0.39 is 0 Å². The van der Waals surface area contributed by atoms with Crippen LogP contribution in [0.4, 0.5) is 5.00 Å². The molecule has 1 saturated heterocycles. The van der Waals surface area contributed by atoms with Crippen molar-refractivity contribution < 1.29 is 4.92 Å². The molecule has 100 valence electrons. The molecule has 18 heavy (non-hydrogen) atoms. The van der Waals surface area contributed by atoms with Crippen molar-refractivity contribution in [2.45, 2.75) is 25.9 Å². The molecule has 2 atom stereocenters. The highest BCUT2D eigenvalue weighted by atomic mass is 32.1. The van der Waals surface area contributed by atoms with Gasteiger partial charge in [0, 0.05) is 30.6 Å². The second kappa shape index (κ2) is 5.77. The molecule has 2 heterocycles. The number of hydrogen-bond acceptors (Lipinski definition) is 5. The Morgan fingerprint density at radius 1 is 1.67 bits per heavy atom. The van der Waals surface area contributed by atoms with E-state index in [1.54, 1.807) is 6.07 Å². The lowest BCUT2D eigenvalue weighted by Gasteiger charge is -2.35. The van der Waals surface area contributed by atoms with Crippen LogP contribution in [-0.4, -0.2) is 36.0 Å². The van der Waals surface area contributed by atoms with Crippen LogP contribution in [0.1, 0.15) is 18.9 Å². The standard InChI is InChI=1S/C12H19N3O2S/c1-9-7-14(2)4-3-11(9)13-6-10-5-12(15(16)17)18-8-10/h5,8-9,11,13H,3-4,6-7H2,1-2H3. The van der Waals surface area contributed by atoms with Gasteiger partial charge in [0.1, 0.15) is 0 Å². The Morgan fingerprint density at radius 3 is 3.06 bits per heavy atom. The minimum absolute atomic E-state index is 0.225. The molecule has 0 aromatic carbocycles. The van der Waals surface area contributed by atoms with Crippen LogP contribution in [0.15, 0.2) is 11.4 Å². The first-order valence-corrected chi connectivity index (χ1v) is 7.08. The largest absolute Gasteiger partial charge is 0.324 e. The number of likely N-dealkylation sites (tertiary alicyclic amines) is 1. The summed E-state index contributed by atoms with van der Waals surface area (Å²) >= 11 is 1.20. The van der Waals surface area contributed by atoms with E-state index in [1.807, 2.05) is 5.38 Å². The lowest BCUT2D eigenvalue weighted by Crippen LogP contribution is -2.46. The summed E-state index contributed by atoms with van der Waals surface area (Å²) in [6, 6.07) is 2.18. The van der Waals surface area contributed by atoms with E-state index in [0.717, 1.165) is 31.6 Å². The van der Waals surface area contributed by atoms with E-state index in [2.05, 4.69) is 24.2 Å². The maximum absolute atomic E-state index is 10.6. The molecule has 0 aliphatic carbocycles. The third-order valence-corrected chi connectivity index (χ3v) is 4.43. The first-order chi connectivity index (χ1) is 8.56. The monoisotopic (exact) mass is 269 g/mol. The molecular weight excluding hydrogens is 250 g/mol.